The summed E-state index contributed by atoms with van der Waals surface area (Å²) < 4.78 is 0. The minimum absolute atomic E-state index is 0.339. The van der Waals surface area contributed by atoms with E-state index < -0.39 is 5.97 Å². The normalized spacial score (nSPS) is 9.07. The fourth-order valence-corrected chi connectivity index (χ4v) is 1.06. The Hall–Kier alpha value is -0.570. The monoisotopic (exact) mass is 203 g/mol. The first kappa shape index (κ1) is 15.9. The third-order valence-electron chi connectivity index (χ3n) is 1.74. The van der Waals surface area contributed by atoms with Gasteiger partial charge in [-0.2, -0.15) is 0 Å². The van der Waals surface area contributed by atoms with E-state index in [4.69, 9.17) is 10.8 Å². The molecule has 3 nitrogen and oxygen atoms in total. The standard InChI is InChI=1S/C9H18O2.C2H7N/c1-2-3-4-5-6-7-8-9(10)11;1-2-3/h2-8H2,1H3,(H,10,11);2-3H2,1H3. The summed E-state index contributed by atoms with van der Waals surface area (Å²) in [4.78, 5) is 10.1. The van der Waals surface area contributed by atoms with Gasteiger partial charge in [0.2, 0.25) is 0 Å². The van der Waals surface area contributed by atoms with Gasteiger partial charge >= 0.3 is 5.97 Å². The molecular formula is C11H25NO2. The van der Waals surface area contributed by atoms with Crippen LogP contribution in [0.25, 0.3) is 0 Å². The maximum Gasteiger partial charge on any atom is 0.303 e. The van der Waals surface area contributed by atoms with Crippen molar-refractivity contribution in [3.63, 3.8) is 0 Å². The van der Waals surface area contributed by atoms with Crippen LogP contribution in [0.1, 0.15) is 58.8 Å². The highest BCUT2D eigenvalue weighted by molar-refractivity contribution is 5.66. The van der Waals surface area contributed by atoms with Gasteiger partial charge < -0.3 is 10.8 Å². The van der Waals surface area contributed by atoms with Gasteiger partial charge in [0.1, 0.15) is 0 Å². The summed E-state index contributed by atoms with van der Waals surface area (Å²) in [5.74, 6) is -0.666. The molecule has 0 aromatic carbocycles. The maximum absolute atomic E-state index is 10.1. The van der Waals surface area contributed by atoms with Crippen molar-refractivity contribution in [2.45, 2.75) is 58.8 Å². The molecule has 0 aliphatic carbocycles. The second-order valence-corrected chi connectivity index (χ2v) is 3.32. The van der Waals surface area contributed by atoms with E-state index >= 15 is 0 Å². The average molecular weight is 203 g/mol. The highest BCUT2D eigenvalue weighted by Gasteiger charge is 1.95. The number of unbranched alkanes of at least 4 members (excludes halogenated alkanes) is 5. The molecule has 0 spiro atoms. The average Bonchev–Trinajstić information content (AvgIpc) is 2.12. The molecule has 0 saturated carbocycles. The van der Waals surface area contributed by atoms with Crippen LogP contribution in [0.3, 0.4) is 0 Å². The highest BCUT2D eigenvalue weighted by atomic mass is 16.4. The summed E-state index contributed by atoms with van der Waals surface area (Å²) in [7, 11) is 0. The lowest BCUT2D eigenvalue weighted by molar-refractivity contribution is -0.137. The molecule has 0 amide bonds. The van der Waals surface area contributed by atoms with Crippen molar-refractivity contribution < 1.29 is 9.90 Å². The van der Waals surface area contributed by atoms with Gasteiger partial charge in [-0.3, -0.25) is 4.79 Å². The topological polar surface area (TPSA) is 63.3 Å². The Kier molecular flexibility index (Phi) is 16.9. The Balaban J connectivity index is 0. The molecular weight excluding hydrogens is 178 g/mol. The van der Waals surface area contributed by atoms with Crippen LogP contribution in [-0.4, -0.2) is 17.6 Å². The zero-order valence-electron chi connectivity index (χ0n) is 9.59. The second-order valence-electron chi connectivity index (χ2n) is 3.32. The van der Waals surface area contributed by atoms with Crippen LogP contribution in [0.15, 0.2) is 0 Å². The molecule has 0 heterocycles. The van der Waals surface area contributed by atoms with Crippen molar-refractivity contribution >= 4 is 5.97 Å². The number of hydrogen-bond donors (Lipinski definition) is 2. The summed E-state index contributed by atoms with van der Waals surface area (Å²) in [5, 5.41) is 8.32. The fraction of sp³-hybridized carbons (Fsp3) is 0.909. The van der Waals surface area contributed by atoms with Gasteiger partial charge in [-0.05, 0) is 13.0 Å². The van der Waals surface area contributed by atoms with Gasteiger partial charge in [-0.25, -0.2) is 0 Å². The van der Waals surface area contributed by atoms with Gasteiger partial charge in [-0.1, -0.05) is 46.0 Å². The van der Waals surface area contributed by atoms with Crippen LogP contribution in [0.2, 0.25) is 0 Å². The molecule has 14 heavy (non-hydrogen) atoms. The van der Waals surface area contributed by atoms with E-state index in [-0.39, 0.29) is 0 Å². The molecule has 0 fully saturated rings. The van der Waals surface area contributed by atoms with E-state index in [0.717, 1.165) is 19.4 Å². The molecule has 0 aromatic heterocycles. The van der Waals surface area contributed by atoms with E-state index in [2.05, 4.69) is 6.92 Å². The summed E-state index contributed by atoms with van der Waals surface area (Å²) in [6.45, 7) is 4.83. The van der Waals surface area contributed by atoms with E-state index in [9.17, 15) is 4.79 Å². The van der Waals surface area contributed by atoms with E-state index in [1.807, 2.05) is 6.92 Å². The van der Waals surface area contributed by atoms with Gasteiger partial charge in [0, 0.05) is 6.42 Å². The molecule has 0 unspecified atom stereocenters. The lowest BCUT2D eigenvalue weighted by Gasteiger charge is -1.97. The lowest BCUT2D eigenvalue weighted by atomic mass is 10.1. The summed E-state index contributed by atoms with van der Waals surface area (Å²) in [6, 6.07) is 0. The summed E-state index contributed by atoms with van der Waals surface area (Å²) in [6.07, 6.45) is 7.25. The molecule has 0 radical (unpaired) electrons. The number of hydrogen-bond acceptors (Lipinski definition) is 2. The van der Waals surface area contributed by atoms with Crippen molar-refractivity contribution in [1.82, 2.24) is 0 Å². The van der Waals surface area contributed by atoms with Gasteiger partial charge in [-0.15, -0.1) is 0 Å². The number of carboxylic acid groups (broad SMARTS) is 1. The van der Waals surface area contributed by atoms with Crippen LogP contribution in [0.5, 0.6) is 0 Å². The highest BCUT2D eigenvalue weighted by Crippen LogP contribution is 2.06. The molecule has 0 aromatic rings. The summed E-state index contributed by atoms with van der Waals surface area (Å²) >= 11 is 0. The maximum atomic E-state index is 10.1. The number of carbonyl (C=O) groups is 1. The molecule has 86 valence electrons. The number of rotatable bonds is 7. The van der Waals surface area contributed by atoms with Crippen molar-refractivity contribution in [3.05, 3.63) is 0 Å². The molecule has 0 bridgehead atoms. The zero-order valence-corrected chi connectivity index (χ0v) is 9.59. The quantitative estimate of drug-likeness (QED) is 0.625. The van der Waals surface area contributed by atoms with Crippen molar-refractivity contribution in [2.75, 3.05) is 6.54 Å². The predicted octanol–water partition coefficient (Wildman–Crippen LogP) is 2.79. The van der Waals surface area contributed by atoms with Gasteiger partial charge in [0.15, 0.2) is 0 Å². The molecule has 3 heteroatoms. The second kappa shape index (κ2) is 14.9. The first-order valence-electron chi connectivity index (χ1n) is 5.60. The van der Waals surface area contributed by atoms with Crippen molar-refractivity contribution in [3.8, 4) is 0 Å². The Bertz CT molecular complexity index is 116. The Labute approximate surface area is 87.7 Å². The Morgan fingerprint density at radius 3 is 1.93 bits per heavy atom. The first-order valence-corrected chi connectivity index (χ1v) is 5.60. The van der Waals surface area contributed by atoms with E-state index in [0.29, 0.717) is 6.42 Å². The third-order valence-corrected chi connectivity index (χ3v) is 1.74. The van der Waals surface area contributed by atoms with Crippen molar-refractivity contribution in [1.29, 1.82) is 0 Å². The van der Waals surface area contributed by atoms with Crippen LogP contribution in [-0.2, 0) is 4.79 Å². The van der Waals surface area contributed by atoms with Crippen LogP contribution >= 0.6 is 0 Å². The minimum atomic E-state index is -0.666. The smallest absolute Gasteiger partial charge is 0.303 e. The first-order chi connectivity index (χ1) is 6.68. The summed E-state index contributed by atoms with van der Waals surface area (Å²) in [5.41, 5.74) is 4.85. The minimum Gasteiger partial charge on any atom is -0.481 e. The van der Waals surface area contributed by atoms with Crippen LogP contribution in [0, 0.1) is 0 Å². The van der Waals surface area contributed by atoms with E-state index in [1.54, 1.807) is 0 Å². The van der Waals surface area contributed by atoms with E-state index in [1.165, 1.54) is 25.7 Å². The molecule has 0 aliphatic heterocycles. The SMILES string of the molecule is CCCCCCCCC(=O)O.CCN. The van der Waals surface area contributed by atoms with Gasteiger partial charge in [0.25, 0.3) is 0 Å². The Morgan fingerprint density at radius 2 is 1.50 bits per heavy atom. The predicted molar refractivity (Wildman–Crippen MR) is 60.4 cm³/mol. The molecule has 0 atom stereocenters. The number of carboxylic acids is 1. The van der Waals surface area contributed by atoms with Crippen LogP contribution in [0.4, 0.5) is 0 Å². The number of nitrogens with two attached hydrogens (primary N) is 1. The zero-order chi connectivity index (χ0) is 11.2. The Morgan fingerprint density at radius 1 is 1.07 bits per heavy atom. The molecule has 0 rings (SSSR count). The fourth-order valence-electron chi connectivity index (χ4n) is 1.06. The van der Waals surface area contributed by atoms with Gasteiger partial charge in [0.05, 0.1) is 0 Å². The van der Waals surface area contributed by atoms with Crippen LogP contribution < -0.4 is 5.73 Å². The van der Waals surface area contributed by atoms with Crippen molar-refractivity contribution in [2.24, 2.45) is 5.73 Å². The molecule has 3 N–H and O–H groups in total. The molecule has 0 saturated heterocycles. The lowest BCUT2D eigenvalue weighted by Crippen LogP contribution is -1.93. The third kappa shape index (κ3) is 22.5. The number of aliphatic carboxylic acids is 1. The molecule has 0 aliphatic rings. The largest absolute Gasteiger partial charge is 0.481 e.